The number of hydrogen-bond acceptors (Lipinski definition) is 5. The Hall–Kier alpha value is -2.34. The van der Waals surface area contributed by atoms with Crippen molar-refractivity contribution in [2.75, 3.05) is 32.1 Å². The van der Waals surface area contributed by atoms with Crippen LogP contribution in [0.3, 0.4) is 0 Å². The van der Waals surface area contributed by atoms with Gasteiger partial charge < -0.3 is 20.6 Å². The van der Waals surface area contributed by atoms with Gasteiger partial charge in [0.2, 0.25) is 0 Å². The monoisotopic (exact) mass is 345 g/mol. The van der Waals surface area contributed by atoms with E-state index in [0.29, 0.717) is 0 Å². The molecule has 136 valence electrons. The molecule has 1 amide bonds. The fourth-order valence-electron chi connectivity index (χ4n) is 3.09. The number of rotatable bonds is 7. The summed E-state index contributed by atoms with van der Waals surface area (Å²) in [5.74, 6) is -1.02. The van der Waals surface area contributed by atoms with E-state index in [0.717, 1.165) is 11.3 Å². The van der Waals surface area contributed by atoms with Crippen molar-refractivity contribution in [1.82, 2.24) is 4.90 Å². The number of carbonyl (C=O) groups excluding carboxylic acids is 2. The van der Waals surface area contributed by atoms with Crippen LogP contribution in [0.1, 0.15) is 31.9 Å². The van der Waals surface area contributed by atoms with Gasteiger partial charge in [-0.15, -0.1) is 0 Å². The van der Waals surface area contributed by atoms with Crippen LogP contribution in [0.5, 0.6) is 0 Å². The molecular formula is C19H27N3O3. The van der Waals surface area contributed by atoms with E-state index >= 15 is 0 Å². The maximum atomic E-state index is 12.7. The highest BCUT2D eigenvalue weighted by atomic mass is 16.3. The molecule has 1 aromatic rings. The molecular weight excluding hydrogens is 318 g/mol. The molecule has 0 spiro atoms. The van der Waals surface area contributed by atoms with E-state index in [1.54, 1.807) is 0 Å². The highest BCUT2D eigenvalue weighted by molar-refractivity contribution is 6.09. The molecule has 1 atom stereocenters. The van der Waals surface area contributed by atoms with Crippen molar-refractivity contribution in [2.45, 2.75) is 26.3 Å². The van der Waals surface area contributed by atoms with E-state index in [-0.39, 0.29) is 36.8 Å². The number of aliphatic hydroxyl groups is 1. The van der Waals surface area contributed by atoms with Crippen LogP contribution in [0.2, 0.25) is 0 Å². The third-order valence-electron chi connectivity index (χ3n) is 4.29. The predicted octanol–water partition coefficient (Wildman–Crippen LogP) is 2.02. The van der Waals surface area contributed by atoms with Crippen LogP contribution in [0.25, 0.3) is 0 Å². The molecule has 6 heteroatoms. The molecule has 2 rings (SSSR count). The minimum Gasteiger partial charge on any atom is -0.503 e. The SMILES string of the molecule is CC(C)CC(=O)C1=C(O)C(=O)N(CCN)C1c1ccc(N(C)C)cc1. The summed E-state index contributed by atoms with van der Waals surface area (Å²) < 4.78 is 0. The Balaban J connectivity index is 2.46. The lowest BCUT2D eigenvalue weighted by Gasteiger charge is -2.27. The number of ketones is 1. The first-order valence-electron chi connectivity index (χ1n) is 8.52. The molecule has 3 N–H and O–H groups in total. The number of amides is 1. The van der Waals surface area contributed by atoms with Gasteiger partial charge in [-0.3, -0.25) is 9.59 Å². The van der Waals surface area contributed by atoms with Crippen molar-refractivity contribution in [3.05, 3.63) is 41.2 Å². The van der Waals surface area contributed by atoms with Gasteiger partial charge in [-0.05, 0) is 23.6 Å². The molecule has 0 saturated carbocycles. The van der Waals surface area contributed by atoms with Crippen LogP contribution in [0.15, 0.2) is 35.6 Å². The molecule has 6 nitrogen and oxygen atoms in total. The van der Waals surface area contributed by atoms with Crippen molar-refractivity contribution < 1.29 is 14.7 Å². The van der Waals surface area contributed by atoms with E-state index in [4.69, 9.17) is 5.73 Å². The summed E-state index contributed by atoms with van der Waals surface area (Å²) in [6.45, 7) is 4.41. The lowest BCUT2D eigenvalue weighted by molar-refractivity contribution is -0.129. The average Bonchev–Trinajstić information content (AvgIpc) is 2.79. The Kier molecular flexibility index (Phi) is 5.85. The smallest absolute Gasteiger partial charge is 0.290 e. The quantitative estimate of drug-likeness (QED) is 0.789. The van der Waals surface area contributed by atoms with Crippen LogP contribution in [0.4, 0.5) is 5.69 Å². The molecule has 1 heterocycles. The largest absolute Gasteiger partial charge is 0.503 e. The van der Waals surface area contributed by atoms with Gasteiger partial charge in [0.25, 0.3) is 5.91 Å². The zero-order valence-electron chi connectivity index (χ0n) is 15.3. The molecule has 0 fully saturated rings. The van der Waals surface area contributed by atoms with E-state index in [2.05, 4.69) is 0 Å². The third-order valence-corrected chi connectivity index (χ3v) is 4.29. The third kappa shape index (κ3) is 3.85. The van der Waals surface area contributed by atoms with Crippen LogP contribution < -0.4 is 10.6 Å². The normalized spacial score (nSPS) is 17.6. The van der Waals surface area contributed by atoms with E-state index in [1.807, 2.05) is 57.1 Å². The number of carbonyl (C=O) groups is 2. The van der Waals surface area contributed by atoms with Gasteiger partial charge in [-0.25, -0.2) is 0 Å². The van der Waals surface area contributed by atoms with E-state index < -0.39 is 17.7 Å². The second kappa shape index (κ2) is 7.70. The van der Waals surface area contributed by atoms with Gasteiger partial charge in [0.05, 0.1) is 11.6 Å². The maximum absolute atomic E-state index is 12.7. The molecule has 1 aromatic carbocycles. The first-order chi connectivity index (χ1) is 11.8. The maximum Gasteiger partial charge on any atom is 0.290 e. The zero-order valence-corrected chi connectivity index (χ0v) is 15.3. The highest BCUT2D eigenvalue weighted by Crippen LogP contribution is 2.38. The Morgan fingerprint density at radius 3 is 2.36 bits per heavy atom. The molecule has 1 unspecified atom stereocenters. The number of nitrogens with two attached hydrogens (primary N) is 1. The first-order valence-corrected chi connectivity index (χ1v) is 8.52. The lowest BCUT2D eigenvalue weighted by atomic mass is 9.92. The molecule has 0 aliphatic carbocycles. The Labute approximate surface area is 148 Å². The molecule has 1 aliphatic rings. The number of benzene rings is 1. The topological polar surface area (TPSA) is 86.9 Å². The Morgan fingerprint density at radius 2 is 1.88 bits per heavy atom. The minimum absolute atomic E-state index is 0.142. The van der Waals surface area contributed by atoms with Crippen LogP contribution >= 0.6 is 0 Å². The van der Waals surface area contributed by atoms with E-state index in [9.17, 15) is 14.7 Å². The number of hydrogen-bond donors (Lipinski definition) is 2. The molecule has 25 heavy (non-hydrogen) atoms. The van der Waals surface area contributed by atoms with Gasteiger partial charge in [-0.1, -0.05) is 26.0 Å². The van der Waals surface area contributed by atoms with Crippen LogP contribution in [-0.2, 0) is 9.59 Å². The molecule has 0 saturated heterocycles. The van der Waals surface area contributed by atoms with Crippen molar-refractivity contribution >= 4 is 17.4 Å². The second-order valence-electron chi connectivity index (χ2n) is 6.96. The van der Waals surface area contributed by atoms with Crippen molar-refractivity contribution in [3.8, 4) is 0 Å². The number of aliphatic hydroxyl groups excluding tert-OH is 1. The second-order valence-corrected chi connectivity index (χ2v) is 6.96. The van der Waals surface area contributed by atoms with Crippen molar-refractivity contribution in [2.24, 2.45) is 11.7 Å². The fraction of sp³-hybridized carbons (Fsp3) is 0.474. The van der Waals surface area contributed by atoms with Crippen LogP contribution in [0, 0.1) is 5.92 Å². The van der Waals surface area contributed by atoms with Crippen molar-refractivity contribution in [1.29, 1.82) is 0 Å². The van der Waals surface area contributed by atoms with Gasteiger partial charge in [0.1, 0.15) is 0 Å². The van der Waals surface area contributed by atoms with Crippen LogP contribution in [-0.4, -0.2) is 48.9 Å². The first kappa shape index (κ1) is 19.0. The summed E-state index contributed by atoms with van der Waals surface area (Å²) in [7, 11) is 3.89. The molecule has 1 aliphatic heterocycles. The Morgan fingerprint density at radius 1 is 1.28 bits per heavy atom. The zero-order chi connectivity index (χ0) is 18.7. The summed E-state index contributed by atoms with van der Waals surface area (Å²) >= 11 is 0. The lowest BCUT2D eigenvalue weighted by Crippen LogP contribution is -2.35. The summed E-state index contributed by atoms with van der Waals surface area (Å²) in [6.07, 6.45) is 0.287. The molecule has 0 radical (unpaired) electrons. The summed E-state index contributed by atoms with van der Waals surface area (Å²) in [6, 6.07) is 7.05. The fourth-order valence-corrected chi connectivity index (χ4v) is 3.09. The number of Topliss-reactive ketones (excluding diaryl/α,β-unsaturated/α-hetero) is 1. The number of nitrogens with zero attached hydrogens (tertiary/aromatic N) is 2. The Bertz CT molecular complexity index is 678. The average molecular weight is 345 g/mol. The molecule has 0 bridgehead atoms. The van der Waals surface area contributed by atoms with Gasteiger partial charge >= 0.3 is 0 Å². The summed E-state index contributed by atoms with van der Waals surface area (Å²) in [5, 5.41) is 10.3. The van der Waals surface area contributed by atoms with E-state index in [1.165, 1.54) is 4.90 Å². The van der Waals surface area contributed by atoms with Gasteiger partial charge in [-0.2, -0.15) is 0 Å². The predicted molar refractivity (Wildman–Crippen MR) is 98.4 cm³/mol. The summed E-state index contributed by atoms with van der Waals surface area (Å²) in [5.41, 5.74) is 7.63. The highest BCUT2D eigenvalue weighted by Gasteiger charge is 2.42. The van der Waals surface area contributed by atoms with Gasteiger partial charge in [0, 0.05) is 39.3 Å². The van der Waals surface area contributed by atoms with Crippen molar-refractivity contribution in [3.63, 3.8) is 0 Å². The number of anilines is 1. The standard InChI is InChI=1S/C19H27N3O3/c1-12(2)11-15(23)16-17(22(10-9-20)19(25)18(16)24)13-5-7-14(8-6-13)21(3)4/h5-8,12,17,24H,9-11,20H2,1-4H3. The summed E-state index contributed by atoms with van der Waals surface area (Å²) in [4.78, 5) is 28.6. The van der Waals surface area contributed by atoms with Gasteiger partial charge in [0.15, 0.2) is 11.5 Å². The minimum atomic E-state index is -0.585. The molecule has 0 aromatic heterocycles.